The van der Waals surface area contributed by atoms with E-state index >= 15 is 0 Å². The van der Waals surface area contributed by atoms with Crippen LogP contribution in [0.5, 0.6) is 11.5 Å². The molecule has 8 nitrogen and oxygen atoms in total. The van der Waals surface area contributed by atoms with E-state index in [-0.39, 0.29) is 11.7 Å². The highest BCUT2D eigenvalue weighted by Gasteiger charge is 2.17. The summed E-state index contributed by atoms with van der Waals surface area (Å²) in [5.41, 5.74) is 5.15. The van der Waals surface area contributed by atoms with Gasteiger partial charge < -0.3 is 9.47 Å². The average molecular weight is 552 g/mol. The summed E-state index contributed by atoms with van der Waals surface area (Å²) in [6.45, 7) is 0. The van der Waals surface area contributed by atoms with Crippen molar-refractivity contribution >= 4 is 39.8 Å². The second-order valence-electron chi connectivity index (χ2n) is 7.18. The SMILES string of the molecule is COc1ccc(-n2c(SCC(=O)NN=Cc3ccc(OC)c(Br)c3)nnc2-c2ccccc2)cc1. The Balaban J connectivity index is 1.48. The third kappa shape index (κ3) is 6.09. The molecule has 178 valence electrons. The van der Waals surface area contributed by atoms with E-state index in [1.807, 2.05) is 77.4 Å². The largest absolute Gasteiger partial charge is 0.497 e. The van der Waals surface area contributed by atoms with Crippen molar-refractivity contribution in [3.8, 4) is 28.6 Å². The Morgan fingerprint density at radius 1 is 1.06 bits per heavy atom. The Morgan fingerprint density at radius 3 is 2.51 bits per heavy atom. The summed E-state index contributed by atoms with van der Waals surface area (Å²) in [5.74, 6) is 2.01. The minimum Gasteiger partial charge on any atom is -0.497 e. The van der Waals surface area contributed by atoms with Crippen LogP contribution in [-0.4, -0.2) is 46.9 Å². The van der Waals surface area contributed by atoms with E-state index in [4.69, 9.17) is 9.47 Å². The number of carbonyl (C=O) groups excluding carboxylic acids is 1. The van der Waals surface area contributed by atoms with Gasteiger partial charge >= 0.3 is 0 Å². The van der Waals surface area contributed by atoms with Crippen LogP contribution >= 0.6 is 27.7 Å². The van der Waals surface area contributed by atoms with Crippen LogP contribution < -0.4 is 14.9 Å². The van der Waals surface area contributed by atoms with Gasteiger partial charge in [0.25, 0.3) is 5.91 Å². The second-order valence-corrected chi connectivity index (χ2v) is 8.98. The molecule has 0 fully saturated rings. The number of hydrogen-bond donors (Lipinski definition) is 1. The molecule has 0 aliphatic heterocycles. The van der Waals surface area contributed by atoms with Crippen molar-refractivity contribution in [1.29, 1.82) is 0 Å². The molecule has 35 heavy (non-hydrogen) atoms. The normalized spacial score (nSPS) is 10.9. The summed E-state index contributed by atoms with van der Waals surface area (Å²) in [7, 11) is 3.23. The number of aromatic nitrogens is 3. The average Bonchev–Trinajstić information content (AvgIpc) is 3.32. The molecule has 4 rings (SSSR count). The van der Waals surface area contributed by atoms with Gasteiger partial charge in [0.05, 0.1) is 30.7 Å². The molecule has 0 radical (unpaired) electrons. The molecule has 0 atom stereocenters. The first kappa shape index (κ1) is 24.5. The zero-order chi connectivity index (χ0) is 24.6. The first-order chi connectivity index (χ1) is 17.1. The van der Waals surface area contributed by atoms with Crippen LogP contribution in [0.25, 0.3) is 17.1 Å². The Labute approximate surface area is 215 Å². The lowest BCUT2D eigenvalue weighted by atomic mass is 10.2. The van der Waals surface area contributed by atoms with Crippen LogP contribution in [0.3, 0.4) is 0 Å². The maximum absolute atomic E-state index is 12.4. The zero-order valence-electron chi connectivity index (χ0n) is 19.0. The number of nitrogens with zero attached hydrogens (tertiary/aromatic N) is 4. The summed E-state index contributed by atoms with van der Waals surface area (Å²) in [6, 6.07) is 22.9. The Morgan fingerprint density at radius 2 is 1.83 bits per heavy atom. The summed E-state index contributed by atoms with van der Waals surface area (Å²) in [5, 5.41) is 13.4. The van der Waals surface area contributed by atoms with Crippen molar-refractivity contribution in [2.75, 3.05) is 20.0 Å². The van der Waals surface area contributed by atoms with E-state index in [2.05, 4.69) is 36.7 Å². The van der Waals surface area contributed by atoms with Gasteiger partial charge in [-0.2, -0.15) is 5.10 Å². The van der Waals surface area contributed by atoms with Crippen LogP contribution in [0.4, 0.5) is 0 Å². The first-order valence-electron chi connectivity index (χ1n) is 10.5. The fourth-order valence-electron chi connectivity index (χ4n) is 3.21. The van der Waals surface area contributed by atoms with E-state index in [1.165, 1.54) is 11.8 Å². The molecule has 1 heterocycles. The first-order valence-corrected chi connectivity index (χ1v) is 12.3. The standard InChI is InChI=1S/C25H22BrN5O3S/c1-33-20-11-9-19(10-12-20)31-24(18-6-4-3-5-7-18)29-30-25(31)35-16-23(32)28-27-15-17-8-13-22(34-2)21(26)14-17/h3-15H,16H2,1-2H3,(H,28,32). The number of nitrogens with one attached hydrogen (secondary N) is 1. The number of hydrazone groups is 1. The Bertz CT molecular complexity index is 1330. The number of carbonyl (C=O) groups is 1. The van der Waals surface area contributed by atoms with Gasteiger partial charge in [0, 0.05) is 11.3 Å². The number of rotatable bonds is 9. The van der Waals surface area contributed by atoms with E-state index in [1.54, 1.807) is 20.4 Å². The van der Waals surface area contributed by atoms with Crippen LogP contribution in [0.2, 0.25) is 0 Å². The summed E-state index contributed by atoms with van der Waals surface area (Å²) < 4.78 is 13.2. The van der Waals surface area contributed by atoms with Gasteiger partial charge in [-0.15, -0.1) is 10.2 Å². The molecule has 1 aromatic heterocycles. The van der Waals surface area contributed by atoms with Gasteiger partial charge in [-0.1, -0.05) is 42.1 Å². The van der Waals surface area contributed by atoms with Crippen molar-refractivity contribution < 1.29 is 14.3 Å². The molecule has 0 saturated heterocycles. The number of amides is 1. The second kappa shape index (κ2) is 11.7. The van der Waals surface area contributed by atoms with E-state index in [0.29, 0.717) is 11.0 Å². The molecule has 0 aliphatic rings. The molecule has 4 aromatic rings. The topological polar surface area (TPSA) is 90.6 Å². The highest BCUT2D eigenvalue weighted by molar-refractivity contribution is 9.10. The van der Waals surface area contributed by atoms with Crippen LogP contribution in [-0.2, 0) is 4.79 Å². The van der Waals surface area contributed by atoms with Gasteiger partial charge in [0.15, 0.2) is 11.0 Å². The summed E-state index contributed by atoms with van der Waals surface area (Å²) >= 11 is 4.71. The molecule has 0 aliphatic carbocycles. The van der Waals surface area contributed by atoms with Crippen molar-refractivity contribution in [2.45, 2.75) is 5.16 Å². The lowest BCUT2D eigenvalue weighted by molar-refractivity contribution is -0.118. The minimum atomic E-state index is -0.260. The molecule has 0 unspecified atom stereocenters. The van der Waals surface area contributed by atoms with Crippen molar-refractivity contribution in [3.63, 3.8) is 0 Å². The summed E-state index contributed by atoms with van der Waals surface area (Å²) in [6.07, 6.45) is 1.57. The summed E-state index contributed by atoms with van der Waals surface area (Å²) in [4.78, 5) is 12.4. The lowest BCUT2D eigenvalue weighted by Crippen LogP contribution is -2.20. The van der Waals surface area contributed by atoms with Crippen LogP contribution in [0, 0.1) is 0 Å². The number of halogens is 1. The third-order valence-corrected chi connectivity index (χ3v) is 6.46. The highest BCUT2D eigenvalue weighted by Crippen LogP contribution is 2.29. The Hall–Kier alpha value is -3.63. The predicted molar refractivity (Wildman–Crippen MR) is 141 cm³/mol. The molecular weight excluding hydrogens is 530 g/mol. The molecule has 10 heteroatoms. The molecule has 1 N–H and O–H groups in total. The van der Waals surface area contributed by atoms with E-state index in [9.17, 15) is 4.79 Å². The van der Waals surface area contributed by atoms with Gasteiger partial charge in [0.2, 0.25) is 0 Å². The molecule has 0 bridgehead atoms. The smallest absolute Gasteiger partial charge is 0.250 e. The molecular formula is C25H22BrN5O3S. The van der Waals surface area contributed by atoms with Crippen LogP contribution in [0.1, 0.15) is 5.56 Å². The number of ether oxygens (including phenoxy) is 2. The number of thioether (sulfide) groups is 1. The number of methoxy groups -OCH3 is 2. The molecule has 0 saturated carbocycles. The Kier molecular flexibility index (Phi) is 8.17. The maximum Gasteiger partial charge on any atom is 0.250 e. The molecule has 1 amide bonds. The van der Waals surface area contributed by atoms with Gasteiger partial charge in [0.1, 0.15) is 11.5 Å². The van der Waals surface area contributed by atoms with Crippen molar-refractivity contribution in [1.82, 2.24) is 20.2 Å². The molecule has 3 aromatic carbocycles. The molecule has 0 spiro atoms. The highest BCUT2D eigenvalue weighted by atomic mass is 79.9. The van der Waals surface area contributed by atoms with Crippen molar-refractivity contribution in [3.05, 3.63) is 82.8 Å². The van der Waals surface area contributed by atoms with Crippen LogP contribution in [0.15, 0.2) is 87.5 Å². The predicted octanol–water partition coefficient (Wildman–Crippen LogP) is 4.96. The van der Waals surface area contributed by atoms with Gasteiger partial charge in [-0.3, -0.25) is 9.36 Å². The monoisotopic (exact) mass is 551 g/mol. The third-order valence-electron chi connectivity index (χ3n) is 4.91. The maximum atomic E-state index is 12.4. The quantitative estimate of drug-likeness (QED) is 0.180. The van der Waals surface area contributed by atoms with E-state index in [0.717, 1.165) is 32.8 Å². The fourth-order valence-corrected chi connectivity index (χ4v) is 4.51. The number of benzene rings is 3. The number of hydrogen-bond acceptors (Lipinski definition) is 7. The minimum absolute atomic E-state index is 0.118. The van der Waals surface area contributed by atoms with Crippen molar-refractivity contribution in [2.24, 2.45) is 5.10 Å². The fraction of sp³-hybridized carbons (Fsp3) is 0.120. The lowest BCUT2D eigenvalue weighted by Gasteiger charge is -2.11. The van der Waals surface area contributed by atoms with Gasteiger partial charge in [-0.05, 0) is 64.0 Å². The van der Waals surface area contributed by atoms with E-state index < -0.39 is 0 Å². The zero-order valence-corrected chi connectivity index (χ0v) is 21.4. The van der Waals surface area contributed by atoms with Gasteiger partial charge in [-0.25, -0.2) is 5.43 Å².